The molecule has 1 heterocycles. The molecule has 0 radical (unpaired) electrons. The molecule has 1 unspecified atom stereocenters. The van der Waals surface area contributed by atoms with Crippen LogP contribution in [0.25, 0.3) is 0 Å². The average molecular weight is 304 g/mol. The van der Waals surface area contributed by atoms with Crippen LogP contribution >= 0.6 is 0 Å². The minimum atomic E-state index is 0.115. The van der Waals surface area contributed by atoms with Crippen LogP contribution in [-0.2, 0) is 4.79 Å². The van der Waals surface area contributed by atoms with Gasteiger partial charge in [-0.05, 0) is 55.8 Å². The lowest BCUT2D eigenvalue weighted by Crippen LogP contribution is -2.34. The first kappa shape index (κ1) is 16.8. The van der Waals surface area contributed by atoms with E-state index < -0.39 is 0 Å². The molecule has 0 bridgehead atoms. The Morgan fingerprint density at radius 3 is 2.91 bits per heavy atom. The van der Waals surface area contributed by atoms with Crippen molar-refractivity contribution in [3.05, 3.63) is 29.8 Å². The van der Waals surface area contributed by atoms with E-state index >= 15 is 0 Å². The van der Waals surface area contributed by atoms with Crippen LogP contribution in [0.2, 0.25) is 0 Å². The summed E-state index contributed by atoms with van der Waals surface area (Å²) in [5, 5.41) is 0. The number of carbonyl (C=O) groups excluding carboxylic acids is 1. The summed E-state index contributed by atoms with van der Waals surface area (Å²) in [4.78, 5) is 14.1. The van der Waals surface area contributed by atoms with Crippen molar-refractivity contribution in [3.8, 4) is 5.75 Å². The van der Waals surface area contributed by atoms with Gasteiger partial charge in [0.25, 0.3) is 0 Å². The third kappa shape index (κ3) is 4.73. The van der Waals surface area contributed by atoms with Crippen LogP contribution in [0.15, 0.2) is 24.3 Å². The summed E-state index contributed by atoms with van der Waals surface area (Å²) in [6, 6.07) is 8.05. The van der Waals surface area contributed by atoms with Gasteiger partial charge in [0.2, 0.25) is 5.91 Å². The second-order valence-corrected chi connectivity index (χ2v) is 6.70. The number of unbranched alkanes of at least 4 members (excludes halogenated alkanes) is 1. The van der Waals surface area contributed by atoms with E-state index in [0.29, 0.717) is 19.6 Å². The fourth-order valence-electron chi connectivity index (χ4n) is 2.83. The topological polar surface area (TPSA) is 55.6 Å². The first-order valence-electron chi connectivity index (χ1n) is 8.20. The molecule has 122 valence electrons. The Labute approximate surface area is 133 Å². The first-order valence-corrected chi connectivity index (χ1v) is 8.20. The van der Waals surface area contributed by atoms with Crippen LogP contribution in [0.4, 0.5) is 0 Å². The number of benzene rings is 1. The number of nitrogens with zero attached hydrogens (tertiary/aromatic N) is 1. The molecule has 1 fully saturated rings. The van der Waals surface area contributed by atoms with Gasteiger partial charge in [-0.1, -0.05) is 19.1 Å². The molecule has 2 rings (SSSR count). The van der Waals surface area contributed by atoms with Gasteiger partial charge >= 0.3 is 0 Å². The molecule has 1 aromatic carbocycles. The number of amides is 1. The lowest BCUT2D eigenvalue weighted by atomic mass is 9.90. The van der Waals surface area contributed by atoms with Gasteiger partial charge in [0.05, 0.1) is 6.61 Å². The van der Waals surface area contributed by atoms with Crippen molar-refractivity contribution in [3.63, 3.8) is 0 Å². The molecular weight excluding hydrogens is 276 g/mol. The maximum absolute atomic E-state index is 12.2. The SMILES string of the molecule is Cc1cccc(OCCCCC(=O)N2CCC(C)(CN)C2)c1. The molecule has 0 spiro atoms. The highest BCUT2D eigenvalue weighted by atomic mass is 16.5. The van der Waals surface area contributed by atoms with E-state index in [0.717, 1.165) is 38.1 Å². The highest BCUT2D eigenvalue weighted by Crippen LogP contribution is 2.28. The van der Waals surface area contributed by atoms with E-state index in [1.54, 1.807) is 0 Å². The molecule has 1 aliphatic rings. The molecule has 4 heteroatoms. The summed E-state index contributed by atoms with van der Waals surface area (Å²) in [6.45, 7) is 7.19. The summed E-state index contributed by atoms with van der Waals surface area (Å²) in [7, 11) is 0. The largest absolute Gasteiger partial charge is 0.494 e. The van der Waals surface area contributed by atoms with Gasteiger partial charge in [0.15, 0.2) is 0 Å². The highest BCUT2D eigenvalue weighted by Gasteiger charge is 2.34. The van der Waals surface area contributed by atoms with Gasteiger partial charge < -0.3 is 15.4 Å². The van der Waals surface area contributed by atoms with Crippen molar-refractivity contribution in [1.29, 1.82) is 0 Å². The van der Waals surface area contributed by atoms with Crippen LogP contribution in [0, 0.1) is 12.3 Å². The summed E-state index contributed by atoms with van der Waals surface area (Å²) in [5.74, 6) is 1.16. The zero-order valence-electron chi connectivity index (χ0n) is 13.8. The molecule has 1 saturated heterocycles. The number of ether oxygens (including phenoxy) is 1. The number of aryl methyl sites for hydroxylation is 1. The van der Waals surface area contributed by atoms with Crippen molar-refractivity contribution in [2.45, 2.75) is 39.5 Å². The van der Waals surface area contributed by atoms with Crippen molar-refractivity contribution >= 4 is 5.91 Å². The molecule has 2 N–H and O–H groups in total. The highest BCUT2D eigenvalue weighted by molar-refractivity contribution is 5.76. The van der Waals surface area contributed by atoms with Gasteiger partial charge in [-0.15, -0.1) is 0 Å². The Balaban J connectivity index is 1.62. The number of rotatable bonds is 7. The van der Waals surface area contributed by atoms with Crippen molar-refractivity contribution in [1.82, 2.24) is 4.90 Å². The lowest BCUT2D eigenvalue weighted by molar-refractivity contribution is -0.130. The van der Waals surface area contributed by atoms with Crippen LogP contribution in [0.3, 0.4) is 0 Å². The Morgan fingerprint density at radius 1 is 1.41 bits per heavy atom. The third-order valence-corrected chi connectivity index (χ3v) is 4.45. The van der Waals surface area contributed by atoms with Gasteiger partial charge in [0, 0.05) is 19.5 Å². The van der Waals surface area contributed by atoms with Gasteiger partial charge in [-0.25, -0.2) is 0 Å². The van der Waals surface area contributed by atoms with Gasteiger partial charge in [0.1, 0.15) is 5.75 Å². The predicted molar refractivity (Wildman–Crippen MR) is 88.9 cm³/mol. The van der Waals surface area contributed by atoms with Gasteiger partial charge in [-0.2, -0.15) is 0 Å². The summed E-state index contributed by atoms with van der Waals surface area (Å²) in [5.41, 5.74) is 7.10. The van der Waals surface area contributed by atoms with E-state index in [1.807, 2.05) is 23.1 Å². The van der Waals surface area contributed by atoms with E-state index in [2.05, 4.69) is 19.9 Å². The Kier molecular flexibility index (Phi) is 5.83. The van der Waals surface area contributed by atoms with Crippen LogP contribution in [-0.4, -0.2) is 37.0 Å². The molecule has 22 heavy (non-hydrogen) atoms. The second kappa shape index (κ2) is 7.63. The number of nitrogens with two attached hydrogens (primary N) is 1. The standard InChI is InChI=1S/C18H28N2O2/c1-15-6-5-7-16(12-15)22-11-4-3-8-17(21)20-10-9-18(2,13-19)14-20/h5-7,12H,3-4,8-11,13-14,19H2,1-2H3. The van der Waals surface area contributed by atoms with Crippen molar-refractivity contribution < 1.29 is 9.53 Å². The molecule has 1 amide bonds. The molecule has 0 aliphatic carbocycles. The molecule has 4 nitrogen and oxygen atoms in total. The molecule has 1 aromatic rings. The predicted octanol–water partition coefficient (Wildman–Crippen LogP) is 2.74. The van der Waals surface area contributed by atoms with Crippen LogP contribution in [0.1, 0.15) is 38.2 Å². The molecule has 0 saturated carbocycles. The first-order chi connectivity index (χ1) is 10.5. The number of carbonyl (C=O) groups is 1. The smallest absolute Gasteiger partial charge is 0.222 e. The van der Waals surface area contributed by atoms with Crippen LogP contribution < -0.4 is 10.5 Å². The van der Waals surface area contributed by atoms with E-state index in [-0.39, 0.29) is 11.3 Å². The van der Waals surface area contributed by atoms with Crippen LogP contribution in [0.5, 0.6) is 5.75 Å². The van der Waals surface area contributed by atoms with E-state index in [4.69, 9.17) is 10.5 Å². The van der Waals surface area contributed by atoms with Gasteiger partial charge in [-0.3, -0.25) is 4.79 Å². The number of likely N-dealkylation sites (tertiary alicyclic amines) is 1. The number of hydrogen-bond acceptors (Lipinski definition) is 3. The molecular formula is C18H28N2O2. The Bertz CT molecular complexity index is 504. The van der Waals surface area contributed by atoms with Crippen molar-refractivity contribution in [2.24, 2.45) is 11.1 Å². The average Bonchev–Trinajstić information content (AvgIpc) is 2.90. The minimum absolute atomic E-state index is 0.115. The zero-order chi connectivity index (χ0) is 16.0. The summed E-state index contributed by atoms with van der Waals surface area (Å²) >= 11 is 0. The maximum atomic E-state index is 12.2. The zero-order valence-corrected chi connectivity index (χ0v) is 13.8. The van der Waals surface area contributed by atoms with E-state index in [9.17, 15) is 4.79 Å². The summed E-state index contributed by atoms with van der Waals surface area (Å²) < 4.78 is 5.70. The molecule has 1 atom stereocenters. The second-order valence-electron chi connectivity index (χ2n) is 6.70. The minimum Gasteiger partial charge on any atom is -0.494 e. The summed E-state index contributed by atoms with van der Waals surface area (Å²) in [6.07, 6.45) is 3.41. The fraction of sp³-hybridized carbons (Fsp3) is 0.611. The van der Waals surface area contributed by atoms with Crippen molar-refractivity contribution in [2.75, 3.05) is 26.2 Å². The lowest BCUT2D eigenvalue weighted by Gasteiger charge is -2.22. The molecule has 1 aliphatic heterocycles. The number of hydrogen-bond donors (Lipinski definition) is 1. The Morgan fingerprint density at radius 2 is 2.23 bits per heavy atom. The quantitative estimate of drug-likeness (QED) is 0.788. The molecule has 0 aromatic heterocycles. The maximum Gasteiger partial charge on any atom is 0.222 e. The normalized spacial score (nSPS) is 21.1. The third-order valence-electron chi connectivity index (χ3n) is 4.45. The Hall–Kier alpha value is -1.55. The fourth-order valence-corrected chi connectivity index (χ4v) is 2.83. The monoisotopic (exact) mass is 304 g/mol. The van der Waals surface area contributed by atoms with E-state index in [1.165, 1.54) is 5.56 Å².